The molecule has 4 aromatic carbocycles. The van der Waals surface area contributed by atoms with Crippen molar-refractivity contribution in [2.45, 2.75) is 6.36 Å². The number of aromatic nitrogens is 2. The summed E-state index contributed by atoms with van der Waals surface area (Å²) >= 11 is 0. The Bertz CT molecular complexity index is 1850. The van der Waals surface area contributed by atoms with Crippen molar-refractivity contribution in [1.29, 1.82) is 0 Å². The van der Waals surface area contributed by atoms with Crippen molar-refractivity contribution >= 4 is 50.8 Å². The predicted octanol–water partition coefficient (Wildman–Crippen LogP) is 7.61. The number of fused-ring (bicyclic) bond motifs is 8. The Morgan fingerprint density at radius 1 is 0.778 bits per heavy atom. The van der Waals surface area contributed by atoms with Crippen molar-refractivity contribution < 1.29 is 22.5 Å². The molecule has 0 bridgehead atoms. The summed E-state index contributed by atoms with van der Waals surface area (Å²) in [7, 11) is -2.46. The van der Waals surface area contributed by atoms with Gasteiger partial charge in [0.15, 0.2) is 0 Å². The van der Waals surface area contributed by atoms with Crippen molar-refractivity contribution in [3.8, 4) is 16.9 Å². The molecule has 0 aliphatic carbocycles. The Balaban J connectivity index is 1.61. The molecule has 0 fully saturated rings. The predicted molar refractivity (Wildman–Crippen MR) is 139 cm³/mol. The first-order valence-corrected chi connectivity index (χ1v) is 13.9. The van der Waals surface area contributed by atoms with Crippen LogP contribution in [0.3, 0.4) is 0 Å². The summed E-state index contributed by atoms with van der Waals surface area (Å²) in [4.78, 5) is 4.92. The fourth-order valence-corrected chi connectivity index (χ4v) is 5.58. The largest absolute Gasteiger partial charge is 0.573 e. The molecule has 2 heterocycles. The van der Waals surface area contributed by atoms with Crippen LogP contribution in [-0.4, -0.2) is 29.1 Å². The molecule has 4 nitrogen and oxygen atoms in total. The second-order valence-electron chi connectivity index (χ2n) is 9.14. The highest BCUT2D eigenvalue weighted by Crippen LogP contribution is 2.38. The number of imidazole rings is 1. The van der Waals surface area contributed by atoms with Crippen LogP contribution in [0, 0.1) is 0 Å². The van der Waals surface area contributed by atoms with Crippen LogP contribution in [0.5, 0.6) is 5.75 Å². The van der Waals surface area contributed by atoms with Crippen LogP contribution in [0.25, 0.3) is 49.5 Å². The molecule has 0 saturated carbocycles. The maximum atomic E-state index is 12.8. The van der Waals surface area contributed by atoms with Gasteiger partial charge in [-0.1, -0.05) is 42.5 Å². The number of hydrogen-bond donors (Lipinski definition) is 0. The summed E-state index contributed by atoms with van der Waals surface area (Å²) in [6, 6.07) is 25.6. The quantitative estimate of drug-likeness (QED) is 0.184. The zero-order valence-electron chi connectivity index (χ0n) is 19.4. The van der Waals surface area contributed by atoms with E-state index in [1.54, 1.807) is 25.5 Å². The lowest BCUT2D eigenvalue weighted by Crippen LogP contribution is -2.16. The second-order valence-corrected chi connectivity index (χ2v) is 12.4. The van der Waals surface area contributed by atoms with E-state index in [0.29, 0.717) is 0 Å². The molecule has 6 aromatic rings. The van der Waals surface area contributed by atoms with Gasteiger partial charge in [-0.3, -0.25) is 4.40 Å². The van der Waals surface area contributed by atoms with E-state index < -0.39 is 13.5 Å². The lowest BCUT2D eigenvalue weighted by atomic mass is 10.0. The fraction of sp³-hybridized carbons (Fsp3) is 0.107. The SMILES string of the molecule is CP(C)(=O)c1ccc2c(c1)c1ccccc1c1nc3ccc(-c4ccc(OC(F)(F)F)cc4)cc3n21. The van der Waals surface area contributed by atoms with Crippen LogP contribution in [0.1, 0.15) is 0 Å². The van der Waals surface area contributed by atoms with E-state index in [1.165, 1.54) is 12.1 Å². The Kier molecular flexibility index (Phi) is 4.92. The van der Waals surface area contributed by atoms with Crippen LogP contribution < -0.4 is 10.0 Å². The van der Waals surface area contributed by atoms with Gasteiger partial charge in [-0.15, -0.1) is 13.2 Å². The molecule has 0 unspecified atom stereocenters. The van der Waals surface area contributed by atoms with Gasteiger partial charge in [0.2, 0.25) is 0 Å². The van der Waals surface area contributed by atoms with Gasteiger partial charge in [0.25, 0.3) is 0 Å². The highest BCUT2D eigenvalue weighted by atomic mass is 31.2. The zero-order chi connectivity index (χ0) is 25.2. The minimum Gasteiger partial charge on any atom is -0.406 e. The molecule has 0 aliphatic heterocycles. The van der Waals surface area contributed by atoms with Crippen molar-refractivity contribution in [1.82, 2.24) is 9.38 Å². The molecular formula is C28H20F3N2O2P. The van der Waals surface area contributed by atoms with Gasteiger partial charge in [0.05, 0.1) is 16.6 Å². The number of rotatable bonds is 3. The number of nitrogens with zero attached hydrogens (tertiary/aromatic N) is 2. The van der Waals surface area contributed by atoms with E-state index in [4.69, 9.17) is 4.98 Å². The van der Waals surface area contributed by atoms with Gasteiger partial charge in [-0.2, -0.15) is 0 Å². The molecule has 0 N–H and O–H groups in total. The second kappa shape index (κ2) is 7.84. The van der Waals surface area contributed by atoms with Crippen molar-refractivity contribution in [2.24, 2.45) is 0 Å². The molecular weight excluding hydrogens is 484 g/mol. The molecule has 0 saturated heterocycles. The Hall–Kier alpha value is -3.83. The number of hydrogen-bond acceptors (Lipinski definition) is 3. The minimum absolute atomic E-state index is 0.264. The molecule has 8 heteroatoms. The van der Waals surface area contributed by atoms with Crippen LogP contribution in [0.15, 0.2) is 84.9 Å². The highest BCUT2D eigenvalue weighted by Gasteiger charge is 2.31. The maximum absolute atomic E-state index is 12.8. The number of alkyl halides is 3. The molecule has 0 atom stereocenters. The van der Waals surface area contributed by atoms with E-state index in [9.17, 15) is 17.7 Å². The number of benzene rings is 4. The van der Waals surface area contributed by atoms with Crippen molar-refractivity contribution in [3.63, 3.8) is 0 Å². The van der Waals surface area contributed by atoms with E-state index in [1.807, 2.05) is 60.7 Å². The molecule has 36 heavy (non-hydrogen) atoms. The molecule has 0 aliphatic rings. The average molecular weight is 504 g/mol. The molecule has 2 aromatic heterocycles. The minimum atomic E-state index is -4.73. The van der Waals surface area contributed by atoms with Crippen LogP contribution in [0.2, 0.25) is 0 Å². The normalized spacial score (nSPS) is 12.7. The lowest BCUT2D eigenvalue weighted by Gasteiger charge is -2.13. The van der Waals surface area contributed by atoms with Crippen LogP contribution in [-0.2, 0) is 4.57 Å². The van der Waals surface area contributed by atoms with E-state index in [-0.39, 0.29) is 5.75 Å². The molecule has 0 spiro atoms. The monoisotopic (exact) mass is 504 g/mol. The topological polar surface area (TPSA) is 43.6 Å². The summed E-state index contributed by atoms with van der Waals surface area (Å²) in [5.74, 6) is -0.264. The Labute approximate surface area is 204 Å². The van der Waals surface area contributed by atoms with E-state index >= 15 is 0 Å². The summed E-state index contributed by atoms with van der Waals surface area (Å²) in [6.45, 7) is 3.53. The summed E-state index contributed by atoms with van der Waals surface area (Å²) in [5, 5.41) is 3.81. The summed E-state index contributed by atoms with van der Waals surface area (Å²) in [6.07, 6.45) is -4.73. The number of pyridine rings is 1. The highest BCUT2D eigenvalue weighted by molar-refractivity contribution is 7.70. The Morgan fingerprint density at radius 3 is 2.17 bits per heavy atom. The molecule has 0 radical (unpaired) electrons. The van der Waals surface area contributed by atoms with Gasteiger partial charge in [0, 0.05) is 16.1 Å². The van der Waals surface area contributed by atoms with Gasteiger partial charge in [-0.05, 0) is 72.3 Å². The van der Waals surface area contributed by atoms with Crippen LogP contribution >= 0.6 is 7.14 Å². The summed E-state index contributed by atoms with van der Waals surface area (Å²) in [5.41, 5.74) is 5.02. The van der Waals surface area contributed by atoms with Gasteiger partial charge < -0.3 is 9.30 Å². The van der Waals surface area contributed by atoms with E-state index in [0.717, 1.165) is 54.8 Å². The lowest BCUT2D eigenvalue weighted by molar-refractivity contribution is -0.274. The third-order valence-electron chi connectivity index (χ3n) is 6.38. The van der Waals surface area contributed by atoms with Gasteiger partial charge in [0.1, 0.15) is 18.5 Å². The molecule has 6 rings (SSSR count). The first-order valence-electron chi connectivity index (χ1n) is 11.3. The fourth-order valence-electron chi connectivity index (χ4n) is 4.71. The standard InChI is InChI=1S/C28H20F3N2O2P/c1-36(2,34)20-12-14-25-23(16-20)21-5-3-4-6-22(21)27-32-24-13-9-18(15-26(24)33(25)27)17-7-10-19(11-8-17)35-28(29,30)31/h3-16H,1-2H3. The number of halogens is 3. The Morgan fingerprint density at radius 2 is 1.47 bits per heavy atom. The van der Waals surface area contributed by atoms with Crippen molar-refractivity contribution in [3.05, 3.63) is 84.9 Å². The van der Waals surface area contributed by atoms with E-state index in [2.05, 4.69) is 9.14 Å². The zero-order valence-corrected chi connectivity index (χ0v) is 20.3. The van der Waals surface area contributed by atoms with Gasteiger partial charge in [-0.25, -0.2) is 4.98 Å². The van der Waals surface area contributed by atoms with Gasteiger partial charge >= 0.3 is 6.36 Å². The van der Waals surface area contributed by atoms with Crippen molar-refractivity contribution in [2.75, 3.05) is 13.3 Å². The van der Waals surface area contributed by atoms with Crippen LogP contribution in [0.4, 0.5) is 13.2 Å². The number of ether oxygens (including phenoxy) is 1. The first-order chi connectivity index (χ1) is 17.1. The summed E-state index contributed by atoms with van der Waals surface area (Å²) < 4.78 is 56.5. The smallest absolute Gasteiger partial charge is 0.406 e. The maximum Gasteiger partial charge on any atom is 0.573 e. The average Bonchev–Trinajstić information content (AvgIpc) is 3.22. The first kappa shape index (κ1) is 22.6. The molecule has 180 valence electrons. The third-order valence-corrected chi connectivity index (χ3v) is 7.90. The third kappa shape index (κ3) is 3.80. The molecule has 0 amide bonds.